The highest BCUT2D eigenvalue weighted by molar-refractivity contribution is 6.17. The van der Waals surface area contributed by atoms with E-state index in [9.17, 15) is 22.4 Å². The second-order valence-electron chi connectivity index (χ2n) is 6.42. The molecule has 8 heteroatoms. The van der Waals surface area contributed by atoms with Crippen molar-refractivity contribution in [2.45, 2.75) is 12.6 Å². The predicted octanol–water partition coefficient (Wildman–Crippen LogP) is 5.37. The molecule has 0 atom stereocenters. The van der Waals surface area contributed by atoms with Crippen LogP contribution in [-0.2, 0) is 11.0 Å². The normalized spacial score (nSPS) is 13.9. The first-order valence-corrected chi connectivity index (χ1v) is 8.61. The fourth-order valence-corrected chi connectivity index (χ4v) is 3.03. The molecule has 2 heterocycles. The van der Waals surface area contributed by atoms with E-state index < -0.39 is 23.5 Å². The zero-order chi connectivity index (χ0) is 20.6. The van der Waals surface area contributed by atoms with E-state index in [2.05, 4.69) is 15.3 Å². The van der Waals surface area contributed by atoms with Gasteiger partial charge in [0.15, 0.2) is 0 Å². The number of halogens is 4. The number of aliphatic imine (C=N–C) groups is 1. The van der Waals surface area contributed by atoms with Crippen molar-refractivity contribution in [3.8, 4) is 11.3 Å². The summed E-state index contributed by atoms with van der Waals surface area (Å²) in [7, 11) is 0. The van der Waals surface area contributed by atoms with Gasteiger partial charge in [-0.05, 0) is 42.5 Å². The molecule has 0 saturated heterocycles. The summed E-state index contributed by atoms with van der Waals surface area (Å²) >= 11 is 0. The Kier molecular flexibility index (Phi) is 4.62. The van der Waals surface area contributed by atoms with Crippen LogP contribution < -0.4 is 5.32 Å². The molecule has 0 radical (unpaired) electrons. The third-order valence-electron chi connectivity index (χ3n) is 4.42. The lowest BCUT2D eigenvalue weighted by Crippen LogP contribution is -2.15. The average Bonchev–Trinajstić information content (AvgIpc) is 2.85. The molecule has 1 aliphatic rings. The molecule has 0 unspecified atom stereocenters. The minimum absolute atomic E-state index is 0.0109. The minimum Gasteiger partial charge on any atom is -0.324 e. The van der Waals surface area contributed by atoms with Crippen molar-refractivity contribution in [3.63, 3.8) is 0 Å². The number of hydrogen-bond donors (Lipinski definition) is 1. The van der Waals surface area contributed by atoms with Crippen molar-refractivity contribution in [2.75, 3.05) is 5.32 Å². The number of fused-ring (bicyclic) bond motifs is 1. The Morgan fingerprint density at radius 2 is 1.79 bits per heavy atom. The number of nitrogens with one attached hydrogen (secondary N) is 1. The highest BCUT2D eigenvalue weighted by Gasteiger charge is 2.31. The maximum absolute atomic E-state index is 14.1. The molecule has 146 valence electrons. The monoisotopic (exact) mass is 399 g/mol. The molecule has 4 nitrogen and oxygen atoms in total. The number of aromatic nitrogens is 1. The molecule has 0 spiro atoms. The fraction of sp³-hybridized carbons (Fsp3) is 0.0952. The van der Waals surface area contributed by atoms with Crippen LogP contribution in [-0.4, -0.2) is 16.6 Å². The van der Waals surface area contributed by atoms with Gasteiger partial charge in [0.25, 0.3) is 0 Å². The summed E-state index contributed by atoms with van der Waals surface area (Å²) in [5.74, 6) is -0.936. The van der Waals surface area contributed by atoms with Gasteiger partial charge >= 0.3 is 6.18 Å². The topological polar surface area (TPSA) is 54.4 Å². The summed E-state index contributed by atoms with van der Waals surface area (Å²) < 4.78 is 52.9. The largest absolute Gasteiger partial charge is 0.416 e. The molecule has 0 fully saturated rings. The number of rotatable bonds is 2. The van der Waals surface area contributed by atoms with Crippen LogP contribution in [0.4, 0.5) is 28.9 Å². The van der Waals surface area contributed by atoms with Crippen LogP contribution in [0.2, 0.25) is 0 Å². The molecule has 0 aliphatic carbocycles. The van der Waals surface area contributed by atoms with Crippen molar-refractivity contribution in [1.29, 1.82) is 0 Å². The smallest absolute Gasteiger partial charge is 0.324 e. The highest BCUT2D eigenvalue weighted by atomic mass is 19.4. The molecule has 2 aromatic carbocycles. The third kappa shape index (κ3) is 3.87. The molecule has 29 heavy (non-hydrogen) atoms. The number of carbonyl (C=O) groups is 1. The van der Waals surface area contributed by atoms with E-state index in [-0.39, 0.29) is 17.8 Å². The number of benzene rings is 2. The maximum Gasteiger partial charge on any atom is 0.416 e. The zero-order valence-electron chi connectivity index (χ0n) is 14.8. The van der Waals surface area contributed by atoms with Gasteiger partial charge in [0, 0.05) is 17.3 Å². The Labute approximate surface area is 162 Å². The molecule has 0 saturated carbocycles. The van der Waals surface area contributed by atoms with E-state index in [0.29, 0.717) is 22.5 Å². The third-order valence-corrected chi connectivity index (χ3v) is 4.42. The molecule has 3 aromatic rings. The van der Waals surface area contributed by atoms with Crippen molar-refractivity contribution >= 4 is 23.0 Å². The van der Waals surface area contributed by atoms with Crippen LogP contribution in [0.15, 0.2) is 65.8 Å². The molecule has 0 bridgehead atoms. The minimum atomic E-state index is -4.53. The van der Waals surface area contributed by atoms with Gasteiger partial charge in [-0.15, -0.1) is 0 Å². The number of pyridine rings is 1. The molecule has 1 aromatic heterocycles. The van der Waals surface area contributed by atoms with Crippen LogP contribution in [0.5, 0.6) is 0 Å². The summed E-state index contributed by atoms with van der Waals surface area (Å²) in [6.45, 7) is 0. The molecule has 1 aliphatic heterocycles. The molecular formula is C21H13F4N3O. The lowest BCUT2D eigenvalue weighted by molar-refractivity contribution is -0.137. The summed E-state index contributed by atoms with van der Waals surface area (Å²) in [5.41, 5.74) is 0.859. The SMILES string of the molecule is O=C1CC(c2ccnc(-c3ccccc3F)c2)=Nc2ccc(C(F)(F)F)cc2N1. The predicted molar refractivity (Wildman–Crippen MR) is 101 cm³/mol. The van der Waals surface area contributed by atoms with Gasteiger partial charge in [-0.1, -0.05) is 12.1 Å². The van der Waals surface area contributed by atoms with E-state index in [0.717, 1.165) is 12.1 Å². The van der Waals surface area contributed by atoms with Crippen molar-refractivity contribution in [1.82, 2.24) is 4.98 Å². The summed E-state index contributed by atoms with van der Waals surface area (Å²) in [4.78, 5) is 20.8. The van der Waals surface area contributed by atoms with Gasteiger partial charge in [-0.25, -0.2) is 4.39 Å². The number of anilines is 1. The van der Waals surface area contributed by atoms with E-state index in [1.807, 2.05) is 0 Å². The summed E-state index contributed by atoms with van der Waals surface area (Å²) in [6, 6.07) is 12.3. The molecule has 1 N–H and O–H groups in total. The molecular weight excluding hydrogens is 386 g/mol. The molecule has 1 amide bonds. The van der Waals surface area contributed by atoms with Gasteiger partial charge in [-0.3, -0.25) is 14.8 Å². The first-order chi connectivity index (χ1) is 13.8. The van der Waals surface area contributed by atoms with E-state index >= 15 is 0 Å². The fourth-order valence-electron chi connectivity index (χ4n) is 3.03. The van der Waals surface area contributed by atoms with Crippen LogP contribution in [0.25, 0.3) is 11.3 Å². The van der Waals surface area contributed by atoms with Gasteiger partial charge < -0.3 is 5.32 Å². The quantitative estimate of drug-likeness (QED) is 0.589. The lowest BCUT2D eigenvalue weighted by Gasteiger charge is -2.10. The van der Waals surface area contributed by atoms with Crippen LogP contribution in [0.3, 0.4) is 0 Å². The number of carbonyl (C=O) groups excluding carboxylic acids is 1. The lowest BCUT2D eigenvalue weighted by atomic mass is 10.0. The summed E-state index contributed by atoms with van der Waals surface area (Å²) in [5, 5.41) is 2.46. The zero-order valence-corrected chi connectivity index (χ0v) is 14.8. The van der Waals surface area contributed by atoms with Crippen molar-refractivity contribution < 1.29 is 22.4 Å². The Bertz CT molecular complexity index is 1140. The second-order valence-corrected chi connectivity index (χ2v) is 6.42. The number of amides is 1. The molecule has 4 rings (SSSR count). The van der Waals surface area contributed by atoms with Gasteiger partial charge in [0.1, 0.15) is 5.82 Å². The summed E-state index contributed by atoms with van der Waals surface area (Å²) in [6.07, 6.45) is -3.20. The van der Waals surface area contributed by atoms with Gasteiger partial charge in [0.2, 0.25) is 5.91 Å². The van der Waals surface area contributed by atoms with E-state index in [1.54, 1.807) is 30.3 Å². The Hall–Kier alpha value is -3.55. The van der Waals surface area contributed by atoms with Crippen LogP contribution in [0.1, 0.15) is 17.5 Å². The van der Waals surface area contributed by atoms with Crippen LogP contribution >= 0.6 is 0 Å². The standard InChI is InChI=1S/C21H13F4N3O/c22-15-4-2-1-3-14(15)18-9-12(7-8-26-18)17-11-20(29)28-19-10-13(21(23,24)25)5-6-16(19)27-17/h1-10H,11H2,(H,28,29). The van der Waals surface area contributed by atoms with Crippen molar-refractivity contribution in [3.05, 3.63) is 77.7 Å². The average molecular weight is 399 g/mol. The maximum atomic E-state index is 14.1. The first kappa shape index (κ1) is 18.8. The highest BCUT2D eigenvalue weighted by Crippen LogP contribution is 2.36. The first-order valence-electron chi connectivity index (χ1n) is 8.61. The van der Waals surface area contributed by atoms with E-state index in [4.69, 9.17) is 0 Å². The number of hydrogen-bond acceptors (Lipinski definition) is 3. The second kappa shape index (κ2) is 7.12. The number of nitrogens with zero attached hydrogens (tertiary/aromatic N) is 2. The van der Waals surface area contributed by atoms with Gasteiger partial charge in [-0.2, -0.15) is 13.2 Å². The Morgan fingerprint density at radius 3 is 2.55 bits per heavy atom. The van der Waals surface area contributed by atoms with Crippen molar-refractivity contribution in [2.24, 2.45) is 4.99 Å². The van der Waals surface area contributed by atoms with Gasteiger partial charge in [0.05, 0.1) is 34.8 Å². The van der Waals surface area contributed by atoms with E-state index in [1.165, 1.54) is 18.3 Å². The number of alkyl halides is 3. The Balaban J connectivity index is 1.77. The van der Waals surface area contributed by atoms with Crippen LogP contribution in [0, 0.1) is 5.82 Å². The Morgan fingerprint density at radius 1 is 1.00 bits per heavy atom.